The van der Waals surface area contributed by atoms with E-state index in [1.54, 1.807) is 57.3 Å². The van der Waals surface area contributed by atoms with Crippen LogP contribution in [0.3, 0.4) is 0 Å². The van der Waals surface area contributed by atoms with Gasteiger partial charge in [-0.05, 0) is 89.4 Å². The molecule has 2 aromatic heterocycles. The molecule has 0 bridgehead atoms. The maximum absolute atomic E-state index is 13.7. The molecule has 0 N–H and O–H groups in total. The molecule has 0 spiro atoms. The first-order valence-electron chi connectivity index (χ1n) is 18.6. The number of carbonyl (C=O) groups excluding carboxylic acids is 4. The standard InChI is InChI=1S/C43H50N4O9/c1-27-23-35(52-8)33(31-18-19-46(36(27)31)40(50)55-42(2,3)4)24-44-21-22-45(39(49)54-26-28-13-11-10-12-14-28)25-34(44)29-15-16-32(38(48)53-9)37-30(29)17-20-47(37)41(51)56-43(5,6)7/h10-20,23,34H,21-22,24-26H2,1-9H3. The number of piperazine rings is 1. The Morgan fingerprint density at radius 1 is 0.750 bits per heavy atom. The molecule has 1 amide bonds. The van der Waals surface area contributed by atoms with E-state index in [0.29, 0.717) is 41.8 Å². The van der Waals surface area contributed by atoms with Crippen molar-refractivity contribution in [2.24, 2.45) is 0 Å². The minimum Gasteiger partial charge on any atom is -0.496 e. The molecule has 6 rings (SSSR count). The van der Waals surface area contributed by atoms with Crippen molar-refractivity contribution in [3.63, 3.8) is 0 Å². The predicted octanol–water partition coefficient (Wildman–Crippen LogP) is 8.46. The second-order valence-electron chi connectivity index (χ2n) is 15.9. The third kappa shape index (κ3) is 8.37. The normalized spacial score (nSPS) is 15.2. The monoisotopic (exact) mass is 766 g/mol. The van der Waals surface area contributed by atoms with Gasteiger partial charge in [0, 0.05) is 54.9 Å². The highest BCUT2D eigenvalue weighted by atomic mass is 16.6. The van der Waals surface area contributed by atoms with Gasteiger partial charge in [-0.3, -0.25) is 14.0 Å². The lowest BCUT2D eigenvalue weighted by Crippen LogP contribution is -2.50. The van der Waals surface area contributed by atoms with Gasteiger partial charge in [0.15, 0.2) is 0 Å². The van der Waals surface area contributed by atoms with Crippen LogP contribution in [0.4, 0.5) is 14.4 Å². The lowest BCUT2D eigenvalue weighted by molar-refractivity contribution is 0.0437. The van der Waals surface area contributed by atoms with Crippen LogP contribution in [0.15, 0.2) is 73.1 Å². The molecule has 56 heavy (non-hydrogen) atoms. The van der Waals surface area contributed by atoms with Gasteiger partial charge in [0.1, 0.15) is 23.6 Å². The minimum atomic E-state index is -0.793. The molecule has 13 heteroatoms. The van der Waals surface area contributed by atoms with Crippen LogP contribution in [0, 0.1) is 6.92 Å². The number of hydrogen-bond donors (Lipinski definition) is 0. The quantitative estimate of drug-likeness (QED) is 0.117. The number of carbonyl (C=O) groups is 4. The van der Waals surface area contributed by atoms with Gasteiger partial charge in [0.25, 0.3) is 0 Å². The molecule has 1 aliphatic rings. The van der Waals surface area contributed by atoms with Crippen molar-refractivity contribution in [3.8, 4) is 5.75 Å². The number of hydrogen-bond acceptors (Lipinski definition) is 10. The van der Waals surface area contributed by atoms with Crippen LogP contribution in [-0.4, -0.2) is 88.2 Å². The summed E-state index contributed by atoms with van der Waals surface area (Å²) in [6.45, 7) is 14.2. The van der Waals surface area contributed by atoms with Crippen LogP contribution in [0.2, 0.25) is 0 Å². The molecule has 0 aliphatic carbocycles. The zero-order valence-electron chi connectivity index (χ0n) is 33.5. The second-order valence-corrected chi connectivity index (χ2v) is 15.9. The van der Waals surface area contributed by atoms with Crippen molar-refractivity contribution < 1.29 is 42.9 Å². The fourth-order valence-corrected chi connectivity index (χ4v) is 7.17. The van der Waals surface area contributed by atoms with Crippen LogP contribution in [-0.2, 0) is 32.1 Å². The summed E-state index contributed by atoms with van der Waals surface area (Å²) >= 11 is 0. The molecule has 1 aliphatic heterocycles. The second kappa shape index (κ2) is 15.7. The number of rotatable bonds is 7. The van der Waals surface area contributed by atoms with E-state index in [4.69, 9.17) is 23.7 Å². The Hall–Kier alpha value is -5.82. The molecular formula is C43H50N4O9. The Bertz CT molecular complexity index is 2280. The van der Waals surface area contributed by atoms with Crippen molar-refractivity contribution in [2.75, 3.05) is 33.9 Å². The highest BCUT2D eigenvalue weighted by Crippen LogP contribution is 2.39. The number of benzene rings is 3. The zero-order chi connectivity index (χ0) is 40.5. The number of amides is 1. The van der Waals surface area contributed by atoms with Gasteiger partial charge in [0.2, 0.25) is 0 Å². The van der Waals surface area contributed by atoms with E-state index < -0.39 is 41.5 Å². The Balaban J connectivity index is 1.45. The largest absolute Gasteiger partial charge is 0.496 e. The lowest BCUT2D eigenvalue weighted by atomic mass is 9.95. The number of fused-ring (bicyclic) bond motifs is 2. The van der Waals surface area contributed by atoms with Crippen molar-refractivity contribution in [2.45, 2.75) is 78.9 Å². The van der Waals surface area contributed by atoms with Gasteiger partial charge in [0.05, 0.1) is 36.9 Å². The first kappa shape index (κ1) is 39.9. The number of methoxy groups -OCH3 is 2. The molecule has 1 saturated heterocycles. The Morgan fingerprint density at radius 3 is 1.98 bits per heavy atom. The third-order valence-corrected chi connectivity index (χ3v) is 9.59. The molecule has 13 nitrogen and oxygen atoms in total. The summed E-state index contributed by atoms with van der Waals surface area (Å²) in [7, 11) is 2.90. The SMILES string of the molecule is COC(=O)c1ccc(C2CN(C(=O)OCc3ccccc3)CCN2Cc2c(OC)cc(C)c3c2ccn3C(=O)OC(C)(C)C)c2ccn(C(=O)OC(C)(C)C)c12. The summed E-state index contributed by atoms with van der Waals surface area (Å²) < 4.78 is 31.2. The smallest absolute Gasteiger partial charge is 0.419 e. The van der Waals surface area contributed by atoms with Gasteiger partial charge in [-0.25, -0.2) is 19.2 Å². The maximum atomic E-state index is 13.7. The summed E-state index contributed by atoms with van der Waals surface area (Å²) in [6, 6.07) is 18.1. The van der Waals surface area contributed by atoms with Crippen molar-refractivity contribution in [1.82, 2.24) is 18.9 Å². The van der Waals surface area contributed by atoms with E-state index in [-0.39, 0.29) is 18.7 Å². The number of aryl methyl sites for hydroxylation is 1. The predicted molar refractivity (Wildman–Crippen MR) is 211 cm³/mol. The van der Waals surface area contributed by atoms with E-state index >= 15 is 0 Å². The lowest BCUT2D eigenvalue weighted by Gasteiger charge is -2.41. The molecule has 5 aromatic rings. The molecule has 296 valence electrons. The van der Waals surface area contributed by atoms with Gasteiger partial charge in [-0.1, -0.05) is 36.4 Å². The first-order chi connectivity index (χ1) is 26.5. The molecule has 0 radical (unpaired) electrons. The maximum Gasteiger partial charge on any atom is 0.419 e. The Kier molecular flexibility index (Phi) is 11.2. The highest BCUT2D eigenvalue weighted by molar-refractivity contribution is 6.07. The van der Waals surface area contributed by atoms with Crippen molar-refractivity contribution in [1.29, 1.82) is 0 Å². The third-order valence-electron chi connectivity index (χ3n) is 9.59. The topological polar surface area (TPSA) is 131 Å². The van der Waals surface area contributed by atoms with E-state index in [1.165, 1.54) is 16.2 Å². The number of nitrogens with zero attached hydrogens (tertiary/aromatic N) is 4. The fraction of sp³-hybridized carbons (Fsp3) is 0.395. The number of aromatic nitrogens is 2. The molecular weight excluding hydrogens is 716 g/mol. The van der Waals surface area contributed by atoms with Crippen LogP contribution in [0.1, 0.15) is 80.2 Å². The number of esters is 1. The van der Waals surface area contributed by atoms with Gasteiger partial charge in [-0.15, -0.1) is 0 Å². The molecule has 1 fully saturated rings. The molecule has 3 heterocycles. The average molecular weight is 767 g/mol. The van der Waals surface area contributed by atoms with Crippen LogP contribution >= 0.6 is 0 Å². The van der Waals surface area contributed by atoms with Gasteiger partial charge < -0.3 is 28.6 Å². The Labute approximate surface area is 326 Å². The summed E-state index contributed by atoms with van der Waals surface area (Å²) in [5, 5.41) is 1.43. The minimum absolute atomic E-state index is 0.120. The zero-order valence-corrected chi connectivity index (χ0v) is 33.5. The average Bonchev–Trinajstić information content (AvgIpc) is 3.80. The van der Waals surface area contributed by atoms with Crippen molar-refractivity contribution >= 4 is 46.1 Å². The van der Waals surface area contributed by atoms with Crippen molar-refractivity contribution in [3.05, 3.63) is 101 Å². The summed E-state index contributed by atoms with van der Waals surface area (Å²) in [6.07, 6.45) is 1.69. The van der Waals surface area contributed by atoms with E-state index in [1.807, 2.05) is 76.2 Å². The molecule has 0 saturated carbocycles. The van der Waals surface area contributed by atoms with Crippen LogP contribution in [0.25, 0.3) is 21.8 Å². The highest BCUT2D eigenvalue weighted by Gasteiger charge is 2.35. The molecule has 3 aromatic carbocycles. The molecule has 1 unspecified atom stereocenters. The number of ether oxygens (including phenoxy) is 5. The van der Waals surface area contributed by atoms with E-state index in [0.717, 1.165) is 27.6 Å². The van der Waals surface area contributed by atoms with Crippen LogP contribution < -0.4 is 4.74 Å². The summed E-state index contributed by atoms with van der Waals surface area (Å²) in [5.41, 5.74) is 3.05. The van der Waals surface area contributed by atoms with E-state index in [9.17, 15) is 19.2 Å². The molecule has 1 atom stereocenters. The van der Waals surface area contributed by atoms with Gasteiger partial charge in [-0.2, -0.15) is 0 Å². The fourth-order valence-electron chi connectivity index (χ4n) is 7.17. The summed E-state index contributed by atoms with van der Waals surface area (Å²) in [4.78, 5) is 57.6. The first-order valence-corrected chi connectivity index (χ1v) is 18.6. The summed E-state index contributed by atoms with van der Waals surface area (Å²) in [5.74, 6) is 0.0283. The van der Waals surface area contributed by atoms with E-state index in [2.05, 4.69) is 4.90 Å². The van der Waals surface area contributed by atoms with Gasteiger partial charge >= 0.3 is 24.2 Å². The Morgan fingerprint density at radius 2 is 1.38 bits per heavy atom. The van der Waals surface area contributed by atoms with Crippen LogP contribution in [0.5, 0.6) is 5.75 Å².